The Balaban J connectivity index is 1.96. The molecule has 0 unspecified atom stereocenters. The highest BCUT2D eigenvalue weighted by molar-refractivity contribution is 5.75. The van der Waals surface area contributed by atoms with Crippen LogP contribution >= 0.6 is 0 Å². The summed E-state index contributed by atoms with van der Waals surface area (Å²) < 4.78 is 2.14. The van der Waals surface area contributed by atoms with Crippen molar-refractivity contribution in [2.24, 2.45) is 13.0 Å². The summed E-state index contributed by atoms with van der Waals surface area (Å²) in [5.41, 5.74) is 1.29. The standard InChI is InChI=1S/C18H33N5O/c1-6-21(3)17(24)9-11-20(2)13-15-8-7-10-22(4)18(15)16-12-19-14-23(16)5/h12,14-15,18H,6-11,13H2,1-5H3/t15-,18+/m0/s1. The summed E-state index contributed by atoms with van der Waals surface area (Å²) in [5, 5.41) is 0. The lowest BCUT2D eigenvalue weighted by Crippen LogP contribution is -2.42. The van der Waals surface area contributed by atoms with Gasteiger partial charge in [-0.2, -0.15) is 0 Å². The molecule has 0 aliphatic carbocycles. The molecule has 2 heterocycles. The molecule has 1 aliphatic rings. The van der Waals surface area contributed by atoms with E-state index in [0.29, 0.717) is 18.4 Å². The topological polar surface area (TPSA) is 44.6 Å². The van der Waals surface area contributed by atoms with Crippen molar-refractivity contribution in [1.82, 2.24) is 24.3 Å². The zero-order valence-corrected chi connectivity index (χ0v) is 15.9. The molecular formula is C18H33N5O. The number of aryl methyl sites for hydroxylation is 1. The van der Waals surface area contributed by atoms with E-state index in [9.17, 15) is 4.79 Å². The number of carbonyl (C=O) groups excluding carboxylic acids is 1. The summed E-state index contributed by atoms with van der Waals surface area (Å²) in [6.07, 6.45) is 6.95. The number of aromatic nitrogens is 2. The first-order valence-corrected chi connectivity index (χ1v) is 9.03. The van der Waals surface area contributed by atoms with Gasteiger partial charge in [0, 0.05) is 46.3 Å². The number of carbonyl (C=O) groups is 1. The molecule has 2 rings (SSSR count). The number of hydrogen-bond donors (Lipinski definition) is 0. The van der Waals surface area contributed by atoms with Crippen molar-refractivity contribution in [2.45, 2.75) is 32.2 Å². The summed E-state index contributed by atoms with van der Waals surface area (Å²) in [6, 6.07) is 0.405. The molecule has 6 nitrogen and oxygen atoms in total. The van der Waals surface area contributed by atoms with Crippen LogP contribution in [0, 0.1) is 5.92 Å². The monoisotopic (exact) mass is 335 g/mol. The third-order valence-corrected chi connectivity index (χ3v) is 5.32. The maximum atomic E-state index is 12.0. The lowest BCUT2D eigenvalue weighted by molar-refractivity contribution is -0.130. The second-order valence-corrected chi connectivity index (χ2v) is 7.18. The highest BCUT2D eigenvalue weighted by Gasteiger charge is 2.32. The molecule has 6 heteroatoms. The van der Waals surface area contributed by atoms with Gasteiger partial charge < -0.3 is 14.4 Å². The molecule has 136 valence electrons. The number of amides is 1. The molecule has 0 N–H and O–H groups in total. The van der Waals surface area contributed by atoms with Gasteiger partial charge in [0.25, 0.3) is 0 Å². The van der Waals surface area contributed by atoms with Crippen LogP contribution in [0.5, 0.6) is 0 Å². The van der Waals surface area contributed by atoms with Gasteiger partial charge in [-0.3, -0.25) is 9.69 Å². The van der Waals surface area contributed by atoms with Crippen molar-refractivity contribution >= 4 is 5.91 Å². The van der Waals surface area contributed by atoms with Gasteiger partial charge in [0.15, 0.2) is 0 Å². The highest BCUT2D eigenvalue weighted by Crippen LogP contribution is 2.35. The van der Waals surface area contributed by atoms with E-state index >= 15 is 0 Å². The van der Waals surface area contributed by atoms with Gasteiger partial charge in [-0.1, -0.05) is 0 Å². The van der Waals surface area contributed by atoms with E-state index < -0.39 is 0 Å². The first-order chi connectivity index (χ1) is 11.4. The van der Waals surface area contributed by atoms with Gasteiger partial charge in [0.1, 0.15) is 0 Å². The van der Waals surface area contributed by atoms with Crippen LogP contribution in [0.15, 0.2) is 12.5 Å². The van der Waals surface area contributed by atoms with E-state index in [1.165, 1.54) is 18.5 Å². The summed E-state index contributed by atoms with van der Waals surface area (Å²) in [4.78, 5) is 22.9. The molecule has 1 amide bonds. The van der Waals surface area contributed by atoms with E-state index in [4.69, 9.17) is 0 Å². The van der Waals surface area contributed by atoms with Gasteiger partial charge in [0.05, 0.1) is 18.1 Å². The maximum Gasteiger partial charge on any atom is 0.223 e. The lowest BCUT2D eigenvalue weighted by Gasteiger charge is -2.40. The summed E-state index contributed by atoms with van der Waals surface area (Å²) in [5.74, 6) is 0.802. The minimum absolute atomic E-state index is 0.230. The third-order valence-electron chi connectivity index (χ3n) is 5.32. The van der Waals surface area contributed by atoms with E-state index in [2.05, 4.69) is 40.5 Å². The van der Waals surface area contributed by atoms with Crippen LogP contribution in [-0.2, 0) is 11.8 Å². The van der Waals surface area contributed by atoms with Crippen molar-refractivity contribution < 1.29 is 4.79 Å². The molecule has 24 heavy (non-hydrogen) atoms. The smallest absolute Gasteiger partial charge is 0.223 e. The van der Waals surface area contributed by atoms with Crippen LogP contribution in [0.25, 0.3) is 0 Å². The molecule has 1 fully saturated rings. The Morgan fingerprint density at radius 3 is 2.75 bits per heavy atom. The minimum Gasteiger partial charge on any atom is -0.346 e. The van der Waals surface area contributed by atoms with Crippen molar-refractivity contribution in [3.63, 3.8) is 0 Å². The molecule has 0 bridgehead atoms. The molecule has 1 aliphatic heterocycles. The number of hydrogen-bond acceptors (Lipinski definition) is 4. The molecule has 0 spiro atoms. The second-order valence-electron chi connectivity index (χ2n) is 7.18. The Morgan fingerprint density at radius 2 is 2.12 bits per heavy atom. The van der Waals surface area contributed by atoms with E-state index in [1.54, 1.807) is 4.90 Å². The molecule has 0 saturated carbocycles. The number of imidazole rings is 1. The van der Waals surface area contributed by atoms with E-state index in [1.807, 2.05) is 26.5 Å². The first kappa shape index (κ1) is 18.9. The lowest BCUT2D eigenvalue weighted by atomic mass is 9.87. The molecule has 1 saturated heterocycles. The normalized spacial score (nSPS) is 22.1. The maximum absolute atomic E-state index is 12.0. The van der Waals surface area contributed by atoms with Crippen LogP contribution in [0.4, 0.5) is 0 Å². The van der Waals surface area contributed by atoms with Crippen LogP contribution < -0.4 is 0 Å². The zero-order valence-electron chi connectivity index (χ0n) is 15.9. The fraction of sp³-hybridized carbons (Fsp3) is 0.778. The van der Waals surface area contributed by atoms with Gasteiger partial charge in [0.2, 0.25) is 5.91 Å². The average molecular weight is 335 g/mol. The van der Waals surface area contributed by atoms with Crippen LogP contribution in [-0.4, -0.2) is 77.5 Å². The molecule has 1 aromatic rings. The summed E-state index contributed by atoms with van der Waals surface area (Å²) in [7, 11) is 8.29. The fourth-order valence-electron chi connectivity index (χ4n) is 3.72. The van der Waals surface area contributed by atoms with Crippen molar-refractivity contribution in [1.29, 1.82) is 0 Å². The SMILES string of the molecule is CCN(C)C(=O)CCN(C)C[C@@H]1CCCN(C)[C@H]1c1cncn1C. The molecule has 0 aromatic carbocycles. The van der Waals surface area contributed by atoms with E-state index in [0.717, 1.165) is 26.2 Å². The zero-order chi connectivity index (χ0) is 17.7. The van der Waals surface area contributed by atoms with E-state index in [-0.39, 0.29) is 5.91 Å². The highest BCUT2D eigenvalue weighted by atomic mass is 16.2. The van der Waals surface area contributed by atoms with Crippen LogP contribution in [0.2, 0.25) is 0 Å². The van der Waals surface area contributed by atoms with Crippen molar-refractivity contribution in [3.8, 4) is 0 Å². The molecule has 0 radical (unpaired) electrons. The predicted molar refractivity (Wildman–Crippen MR) is 96.7 cm³/mol. The van der Waals surface area contributed by atoms with Crippen LogP contribution in [0.1, 0.15) is 37.9 Å². The van der Waals surface area contributed by atoms with Crippen LogP contribution in [0.3, 0.4) is 0 Å². The third kappa shape index (κ3) is 4.57. The summed E-state index contributed by atoms with van der Waals surface area (Å²) in [6.45, 7) is 5.76. The number of piperidine rings is 1. The largest absolute Gasteiger partial charge is 0.346 e. The Kier molecular flexibility index (Phi) is 6.80. The Labute approximate surface area is 146 Å². The quantitative estimate of drug-likeness (QED) is 0.759. The fourth-order valence-corrected chi connectivity index (χ4v) is 3.72. The summed E-state index contributed by atoms with van der Waals surface area (Å²) >= 11 is 0. The Morgan fingerprint density at radius 1 is 1.38 bits per heavy atom. The van der Waals surface area contributed by atoms with Gasteiger partial charge in [-0.05, 0) is 46.3 Å². The molecule has 2 atom stereocenters. The second kappa shape index (κ2) is 8.62. The number of nitrogens with zero attached hydrogens (tertiary/aromatic N) is 5. The van der Waals surface area contributed by atoms with Gasteiger partial charge in [-0.25, -0.2) is 4.98 Å². The van der Waals surface area contributed by atoms with Gasteiger partial charge >= 0.3 is 0 Å². The van der Waals surface area contributed by atoms with Gasteiger partial charge in [-0.15, -0.1) is 0 Å². The molecular weight excluding hydrogens is 302 g/mol. The molecule has 1 aromatic heterocycles. The Bertz CT molecular complexity index is 529. The average Bonchev–Trinajstić information content (AvgIpc) is 2.97. The number of likely N-dealkylation sites (tertiary alicyclic amines) is 1. The first-order valence-electron chi connectivity index (χ1n) is 9.03. The number of rotatable bonds is 7. The van der Waals surface area contributed by atoms with Crippen molar-refractivity contribution in [3.05, 3.63) is 18.2 Å². The minimum atomic E-state index is 0.230. The van der Waals surface area contributed by atoms with Crippen molar-refractivity contribution in [2.75, 3.05) is 47.3 Å². The predicted octanol–water partition coefficient (Wildman–Crippen LogP) is 1.60. The Hall–Kier alpha value is -1.40.